The van der Waals surface area contributed by atoms with Crippen molar-refractivity contribution in [3.63, 3.8) is 0 Å². The molecule has 0 bridgehead atoms. The molecule has 0 fully saturated rings. The number of aryl methyl sites for hydroxylation is 1. The third-order valence-electron chi connectivity index (χ3n) is 4.54. The lowest BCUT2D eigenvalue weighted by Crippen LogP contribution is -2.19. The van der Waals surface area contributed by atoms with Gasteiger partial charge in [-0.15, -0.1) is 0 Å². The maximum atomic E-state index is 13.1. The van der Waals surface area contributed by atoms with E-state index < -0.39 is 0 Å². The molecular formula is C21H21FN4O3. The first-order valence-corrected chi connectivity index (χ1v) is 9.07. The molecule has 0 aliphatic heterocycles. The molecule has 7 nitrogen and oxygen atoms in total. The fraction of sp³-hybridized carbons (Fsp3) is 0.190. The molecule has 2 amide bonds. The van der Waals surface area contributed by atoms with Gasteiger partial charge in [0.1, 0.15) is 5.82 Å². The molecule has 8 heteroatoms. The number of hydrogen-bond donors (Lipinski definition) is 3. The van der Waals surface area contributed by atoms with Gasteiger partial charge in [-0.2, -0.15) is 0 Å². The van der Waals surface area contributed by atoms with Gasteiger partial charge in [-0.3, -0.25) is 19.5 Å². The lowest BCUT2D eigenvalue weighted by Gasteiger charge is -2.06. The van der Waals surface area contributed by atoms with Gasteiger partial charge < -0.3 is 10.6 Å². The first kappa shape index (κ1) is 20.1. The normalized spacial score (nSPS) is 10.6. The number of aromatic amines is 1. The number of amides is 2. The van der Waals surface area contributed by atoms with Crippen LogP contribution in [0.2, 0.25) is 0 Å². The van der Waals surface area contributed by atoms with Crippen molar-refractivity contribution in [1.82, 2.24) is 15.1 Å². The van der Waals surface area contributed by atoms with Crippen LogP contribution in [0.1, 0.15) is 28.0 Å². The largest absolute Gasteiger partial charge is 0.355 e. The Kier molecular flexibility index (Phi) is 5.92. The van der Waals surface area contributed by atoms with Gasteiger partial charge >= 0.3 is 0 Å². The summed E-state index contributed by atoms with van der Waals surface area (Å²) >= 11 is 0. The number of hydrogen-bond acceptors (Lipinski definition) is 3. The van der Waals surface area contributed by atoms with Crippen LogP contribution in [0, 0.1) is 12.7 Å². The van der Waals surface area contributed by atoms with Crippen LogP contribution in [0.15, 0.2) is 53.3 Å². The highest BCUT2D eigenvalue weighted by Gasteiger charge is 2.14. The van der Waals surface area contributed by atoms with E-state index in [2.05, 4.69) is 15.7 Å². The van der Waals surface area contributed by atoms with Gasteiger partial charge in [0.2, 0.25) is 5.91 Å². The molecule has 2 aromatic carbocycles. The molecule has 1 aromatic heterocycles. The van der Waals surface area contributed by atoms with Gasteiger partial charge in [0.15, 0.2) is 0 Å². The summed E-state index contributed by atoms with van der Waals surface area (Å²) in [7, 11) is 1.55. The van der Waals surface area contributed by atoms with E-state index in [1.54, 1.807) is 38.2 Å². The maximum absolute atomic E-state index is 13.1. The minimum Gasteiger partial charge on any atom is -0.355 e. The zero-order valence-electron chi connectivity index (χ0n) is 16.1. The van der Waals surface area contributed by atoms with Crippen LogP contribution in [0.4, 0.5) is 10.1 Å². The number of H-pyrrole nitrogens is 1. The van der Waals surface area contributed by atoms with Crippen molar-refractivity contribution >= 4 is 17.5 Å². The predicted molar refractivity (Wildman–Crippen MR) is 108 cm³/mol. The third kappa shape index (κ3) is 4.60. The Morgan fingerprint density at radius 3 is 2.34 bits per heavy atom. The topological polar surface area (TPSA) is 96.0 Å². The van der Waals surface area contributed by atoms with Gasteiger partial charge in [0.05, 0.1) is 5.69 Å². The number of nitrogens with one attached hydrogen (secondary N) is 3. The van der Waals surface area contributed by atoms with Crippen molar-refractivity contribution in [2.45, 2.75) is 19.8 Å². The van der Waals surface area contributed by atoms with Crippen molar-refractivity contribution in [2.75, 3.05) is 12.4 Å². The SMILES string of the molecule is CNC(=O)c1ccc(NC(=O)CCc2c(C)[nH]n(-c3ccc(F)cc3)c2=O)cc1. The average molecular weight is 396 g/mol. The van der Waals surface area contributed by atoms with E-state index in [1.807, 2.05) is 0 Å². The van der Waals surface area contributed by atoms with Crippen molar-refractivity contribution in [3.8, 4) is 5.69 Å². The van der Waals surface area contributed by atoms with Crippen LogP contribution in [-0.2, 0) is 11.2 Å². The molecule has 3 aromatic rings. The second-order valence-electron chi connectivity index (χ2n) is 6.54. The molecule has 0 saturated carbocycles. The Bertz CT molecular complexity index is 1080. The quantitative estimate of drug-likeness (QED) is 0.597. The van der Waals surface area contributed by atoms with E-state index in [9.17, 15) is 18.8 Å². The number of anilines is 1. The summed E-state index contributed by atoms with van der Waals surface area (Å²) < 4.78 is 14.4. The summed E-state index contributed by atoms with van der Waals surface area (Å²) in [6, 6.07) is 12.1. The second-order valence-corrected chi connectivity index (χ2v) is 6.54. The molecule has 0 aliphatic carbocycles. The molecular weight excluding hydrogens is 375 g/mol. The smallest absolute Gasteiger partial charge is 0.274 e. The van der Waals surface area contributed by atoms with E-state index in [0.717, 1.165) is 0 Å². The number of aromatic nitrogens is 2. The van der Waals surface area contributed by atoms with Gasteiger partial charge in [-0.25, -0.2) is 9.07 Å². The monoisotopic (exact) mass is 396 g/mol. The Hall–Kier alpha value is -3.68. The van der Waals surface area contributed by atoms with Crippen molar-refractivity contribution < 1.29 is 14.0 Å². The second kappa shape index (κ2) is 8.55. The number of carbonyl (C=O) groups is 2. The maximum Gasteiger partial charge on any atom is 0.274 e. The molecule has 0 aliphatic rings. The lowest BCUT2D eigenvalue weighted by molar-refractivity contribution is -0.116. The molecule has 0 saturated heterocycles. The highest BCUT2D eigenvalue weighted by Crippen LogP contribution is 2.12. The van der Waals surface area contributed by atoms with E-state index in [4.69, 9.17) is 0 Å². The Labute approximate surface area is 166 Å². The lowest BCUT2D eigenvalue weighted by atomic mass is 10.1. The van der Waals surface area contributed by atoms with Crippen molar-refractivity contribution in [3.05, 3.63) is 81.5 Å². The number of carbonyl (C=O) groups excluding carboxylic acids is 2. The summed E-state index contributed by atoms with van der Waals surface area (Å²) in [5, 5.41) is 8.23. The average Bonchev–Trinajstić information content (AvgIpc) is 3.00. The molecule has 0 unspecified atom stereocenters. The van der Waals surface area contributed by atoms with E-state index in [0.29, 0.717) is 28.2 Å². The van der Waals surface area contributed by atoms with Crippen LogP contribution in [0.25, 0.3) is 5.69 Å². The summed E-state index contributed by atoms with van der Waals surface area (Å²) in [5.74, 6) is -0.834. The Morgan fingerprint density at radius 1 is 1.07 bits per heavy atom. The summed E-state index contributed by atoms with van der Waals surface area (Å²) in [4.78, 5) is 36.4. The molecule has 0 atom stereocenters. The summed E-state index contributed by atoms with van der Waals surface area (Å²) in [6.45, 7) is 1.76. The van der Waals surface area contributed by atoms with Gasteiger partial charge in [0, 0.05) is 36.0 Å². The minimum absolute atomic E-state index is 0.120. The van der Waals surface area contributed by atoms with Crippen molar-refractivity contribution in [1.29, 1.82) is 0 Å². The van der Waals surface area contributed by atoms with Crippen LogP contribution >= 0.6 is 0 Å². The fourth-order valence-corrected chi connectivity index (χ4v) is 2.96. The number of rotatable bonds is 6. The van der Waals surface area contributed by atoms with Crippen molar-refractivity contribution in [2.24, 2.45) is 0 Å². The van der Waals surface area contributed by atoms with E-state index in [1.165, 1.54) is 28.9 Å². The molecule has 3 rings (SSSR count). The molecule has 1 heterocycles. The highest BCUT2D eigenvalue weighted by atomic mass is 19.1. The zero-order valence-corrected chi connectivity index (χ0v) is 16.1. The number of nitrogens with zero attached hydrogens (tertiary/aromatic N) is 1. The first-order chi connectivity index (χ1) is 13.9. The standard InChI is InChI=1S/C21H21FN4O3/c1-13-18(21(29)26(25-13)17-9-5-15(22)6-10-17)11-12-19(27)24-16-7-3-14(4-8-16)20(28)23-2/h3-10,25H,11-12H2,1-2H3,(H,23,28)(H,24,27). The molecule has 150 valence electrons. The Balaban J connectivity index is 1.65. The molecule has 0 spiro atoms. The minimum atomic E-state index is -0.384. The number of benzene rings is 2. The first-order valence-electron chi connectivity index (χ1n) is 9.07. The van der Waals surface area contributed by atoms with E-state index >= 15 is 0 Å². The molecule has 0 radical (unpaired) electrons. The molecule has 3 N–H and O–H groups in total. The van der Waals surface area contributed by atoms with Crippen LogP contribution < -0.4 is 16.2 Å². The number of halogens is 1. The summed E-state index contributed by atoms with van der Waals surface area (Å²) in [6.07, 6.45) is 0.381. The van der Waals surface area contributed by atoms with Crippen LogP contribution in [-0.4, -0.2) is 28.6 Å². The van der Waals surface area contributed by atoms with Crippen LogP contribution in [0.5, 0.6) is 0 Å². The highest BCUT2D eigenvalue weighted by molar-refractivity contribution is 5.95. The zero-order chi connectivity index (χ0) is 21.0. The van der Waals surface area contributed by atoms with Crippen LogP contribution in [0.3, 0.4) is 0 Å². The van der Waals surface area contributed by atoms with Gasteiger partial charge in [-0.05, 0) is 61.9 Å². The van der Waals surface area contributed by atoms with E-state index in [-0.39, 0.29) is 36.0 Å². The fourth-order valence-electron chi connectivity index (χ4n) is 2.96. The van der Waals surface area contributed by atoms with Gasteiger partial charge in [0.25, 0.3) is 11.5 Å². The molecule has 29 heavy (non-hydrogen) atoms. The van der Waals surface area contributed by atoms with Gasteiger partial charge in [-0.1, -0.05) is 0 Å². The predicted octanol–water partition coefficient (Wildman–Crippen LogP) is 2.54. The summed E-state index contributed by atoms with van der Waals surface area (Å²) in [5.41, 5.74) is 2.47. The third-order valence-corrected chi connectivity index (χ3v) is 4.54. The Morgan fingerprint density at radius 2 is 1.72 bits per heavy atom.